The molecule has 0 atom stereocenters. The number of amides is 2. The number of nitrogens with one attached hydrogen (secondary N) is 3. The minimum absolute atomic E-state index is 0.109. The molecule has 0 saturated carbocycles. The van der Waals surface area contributed by atoms with Crippen LogP contribution in [-0.4, -0.2) is 55.6 Å². The molecule has 1 aliphatic heterocycles. The minimum Gasteiger partial charge on any atom is -0.389 e. The summed E-state index contributed by atoms with van der Waals surface area (Å²) < 4.78 is 5.39. The number of nitrogens with zero attached hydrogens (tertiary/aromatic N) is 4. The van der Waals surface area contributed by atoms with Crippen molar-refractivity contribution in [2.24, 2.45) is 0 Å². The number of hydrogen-bond donors (Lipinski definition) is 3. The van der Waals surface area contributed by atoms with Gasteiger partial charge in [0.1, 0.15) is 11.0 Å². The van der Waals surface area contributed by atoms with E-state index in [1.165, 1.54) is 0 Å². The van der Waals surface area contributed by atoms with Gasteiger partial charge in [0.15, 0.2) is 0 Å². The number of halogens is 1. The Morgan fingerprint density at radius 2 is 1.91 bits per heavy atom. The first-order chi connectivity index (χ1) is 16.1. The van der Waals surface area contributed by atoms with Gasteiger partial charge in [0, 0.05) is 29.2 Å². The average molecular weight is 466 g/mol. The van der Waals surface area contributed by atoms with E-state index in [1.807, 2.05) is 24.3 Å². The van der Waals surface area contributed by atoms with Gasteiger partial charge in [0.25, 0.3) is 5.91 Å². The average Bonchev–Trinajstić information content (AvgIpc) is 3.46. The van der Waals surface area contributed by atoms with E-state index in [4.69, 9.17) is 16.3 Å². The molecule has 0 bridgehead atoms. The first kappa shape index (κ1) is 21.0. The number of H-pyrrole nitrogens is 2. The highest BCUT2D eigenvalue weighted by Crippen LogP contribution is 2.26. The van der Waals surface area contributed by atoms with Crippen molar-refractivity contribution >= 4 is 34.6 Å². The van der Waals surface area contributed by atoms with Gasteiger partial charge in [0.05, 0.1) is 12.2 Å². The largest absolute Gasteiger partial charge is 0.414 e. The first-order valence-corrected chi connectivity index (χ1v) is 10.8. The Balaban J connectivity index is 1.17. The predicted octanol–water partition coefficient (Wildman–Crippen LogP) is 2.86. The quantitative estimate of drug-likeness (QED) is 0.415. The fraction of sp³-hybridized carbons (Fsp3) is 0.227. The molecule has 10 nitrogen and oxygen atoms in total. The van der Waals surface area contributed by atoms with Crippen molar-refractivity contribution in [1.82, 2.24) is 35.8 Å². The maximum Gasteiger partial charge on any atom is 0.414 e. The molecule has 0 saturated heterocycles. The zero-order valence-corrected chi connectivity index (χ0v) is 18.2. The summed E-state index contributed by atoms with van der Waals surface area (Å²) in [6.07, 6.45) is 0.608. The first-order valence-electron chi connectivity index (χ1n) is 10.4. The summed E-state index contributed by atoms with van der Waals surface area (Å²) >= 11 is 5.88. The number of rotatable bonds is 5. The molecule has 2 amide bonds. The van der Waals surface area contributed by atoms with Crippen LogP contribution in [0.5, 0.6) is 5.88 Å². The molecule has 2 aromatic heterocycles. The minimum atomic E-state index is -0.572. The summed E-state index contributed by atoms with van der Waals surface area (Å²) in [7, 11) is 0. The maximum absolute atomic E-state index is 12.9. The second-order valence-electron chi connectivity index (χ2n) is 7.68. The highest BCUT2D eigenvalue weighted by molar-refractivity contribution is 6.30. The molecule has 4 aromatic rings. The van der Waals surface area contributed by atoms with Crippen LogP contribution in [0.2, 0.25) is 5.02 Å². The van der Waals surface area contributed by atoms with Crippen LogP contribution < -0.4 is 10.1 Å². The molecule has 11 heteroatoms. The van der Waals surface area contributed by atoms with E-state index in [9.17, 15) is 9.59 Å². The van der Waals surface area contributed by atoms with Crippen LogP contribution in [-0.2, 0) is 19.4 Å². The maximum atomic E-state index is 12.9. The van der Waals surface area contributed by atoms with Gasteiger partial charge in [-0.15, -0.1) is 5.10 Å². The summed E-state index contributed by atoms with van der Waals surface area (Å²) in [5.41, 5.74) is 4.49. The molecule has 33 heavy (non-hydrogen) atoms. The zero-order valence-electron chi connectivity index (χ0n) is 17.5. The monoisotopic (exact) mass is 465 g/mol. The van der Waals surface area contributed by atoms with Crippen molar-refractivity contribution in [2.45, 2.75) is 19.4 Å². The molecule has 168 valence electrons. The molecule has 2 aromatic carbocycles. The lowest BCUT2D eigenvalue weighted by Gasteiger charge is -2.26. The van der Waals surface area contributed by atoms with E-state index >= 15 is 0 Å². The second-order valence-corrected chi connectivity index (χ2v) is 8.12. The van der Waals surface area contributed by atoms with E-state index in [-0.39, 0.29) is 11.8 Å². The van der Waals surface area contributed by atoms with Gasteiger partial charge in [-0.05, 0) is 48.7 Å². The Labute approximate surface area is 193 Å². The molecule has 0 unspecified atom stereocenters. The molecule has 3 N–H and O–H groups in total. The fourth-order valence-electron chi connectivity index (χ4n) is 3.79. The molecule has 0 fully saturated rings. The van der Waals surface area contributed by atoms with E-state index < -0.39 is 6.09 Å². The number of carbonyl (C=O) groups excluding carboxylic acids is 2. The smallest absolute Gasteiger partial charge is 0.389 e. The Bertz CT molecular complexity index is 1320. The number of benzene rings is 2. The molecule has 1 aliphatic rings. The van der Waals surface area contributed by atoms with Crippen molar-refractivity contribution < 1.29 is 14.3 Å². The van der Waals surface area contributed by atoms with E-state index in [0.717, 1.165) is 16.8 Å². The van der Waals surface area contributed by atoms with Crippen LogP contribution >= 0.6 is 11.6 Å². The SMILES string of the molecule is O=C(NCCc1ccc(Cl)cc1)Oc1n[nH]c2c1CCN(C(=O)c1ccc3n[nH]nc3c1)C2. The summed E-state index contributed by atoms with van der Waals surface area (Å²) in [4.78, 5) is 26.9. The van der Waals surface area contributed by atoms with Gasteiger partial charge in [-0.1, -0.05) is 23.7 Å². The summed E-state index contributed by atoms with van der Waals surface area (Å²) in [5, 5.41) is 21.0. The summed E-state index contributed by atoms with van der Waals surface area (Å²) in [6.45, 7) is 1.25. The van der Waals surface area contributed by atoms with Crippen LogP contribution in [0.1, 0.15) is 27.2 Å². The number of ether oxygens (including phenoxy) is 1. The normalized spacial score (nSPS) is 13.1. The highest BCUT2D eigenvalue weighted by Gasteiger charge is 2.27. The lowest BCUT2D eigenvalue weighted by atomic mass is 10.1. The van der Waals surface area contributed by atoms with E-state index in [0.29, 0.717) is 54.1 Å². The van der Waals surface area contributed by atoms with Crippen LogP contribution in [0.4, 0.5) is 4.79 Å². The third-order valence-electron chi connectivity index (χ3n) is 5.53. The highest BCUT2D eigenvalue weighted by atomic mass is 35.5. The van der Waals surface area contributed by atoms with Gasteiger partial charge in [-0.2, -0.15) is 15.4 Å². The van der Waals surface area contributed by atoms with Crippen LogP contribution in [0.15, 0.2) is 42.5 Å². The second kappa shape index (κ2) is 8.91. The Kier molecular flexibility index (Phi) is 5.66. The standard InChI is InChI=1S/C22H20ClN7O3/c23-15-4-1-13(2-5-15)7-9-24-22(32)33-20-16-8-10-30(12-19(16)25-28-20)21(31)14-3-6-17-18(11-14)27-29-26-17/h1-6,11H,7-10,12H2,(H,24,32)(H,25,28)(H,26,27,29). The predicted molar refractivity (Wildman–Crippen MR) is 120 cm³/mol. The molecule has 0 aliphatic carbocycles. The number of aromatic nitrogens is 5. The number of hydrogen-bond acceptors (Lipinski definition) is 6. The Morgan fingerprint density at radius 3 is 2.76 bits per heavy atom. The van der Waals surface area contributed by atoms with Gasteiger partial charge in [0.2, 0.25) is 5.88 Å². The van der Waals surface area contributed by atoms with Gasteiger partial charge in [-0.3, -0.25) is 9.89 Å². The number of fused-ring (bicyclic) bond motifs is 2. The van der Waals surface area contributed by atoms with Crippen molar-refractivity contribution in [2.75, 3.05) is 13.1 Å². The van der Waals surface area contributed by atoms with E-state index in [1.54, 1.807) is 23.1 Å². The van der Waals surface area contributed by atoms with Crippen LogP contribution in [0.25, 0.3) is 11.0 Å². The third kappa shape index (κ3) is 4.51. The van der Waals surface area contributed by atoms with E-state index in [2.05, 4.69) is 30.9 Å². The molecule has 3 heterocycles. The van der Waals surface area contributed by atoms with Crippen LogP contribution in [0, 0.1) is 0 Å². The number of aromatic amines is 2. The third-order valence-corrected chi connectivity index (χ3v) is 5.78. The van der Waals surface area contributed by atoms with Gasteiger partial charge >= 0.3 is 6.09 Å². The zero-order chi connectivity index (χ0) is 22.8. The number of carbonyl (C=O) groups is 2. The molecular formula is C22H20ClN7O3. The van der Waals surface area contributed by atoms with Crippen molar-refractivity contribution in [3.05, 3.63) is 69.9 Å². The molecular weight excluding hydrogens is 446 g/mol. The molecule has 0 spiro atoms. The summed E-state index contributed by atoms with van der Waals surface area (Å²) in [6, 6.07) is 12.7. The summed E-state index contributed by atoms with van der Waals surface area (Å²) in [5.74, 6) is 0.132. The van der Waals surface area contributed by atoms with Crippen molar-refractivity contribution in [1.29, 1.82) is 0 Å². The Hall–Kier alpha value is -3.92. The van der Waals surface area contributed by atoms with Crippen molar-refractivity contribution in [3.8, 4) is 5.88 Å². The lowest BCUT2D eigenvalue weighted by Crippen LogP contribution is -2.36. The van der Waals surface area contributed by atoms with Crippen molar-refractivity contribution in [3.63, 3.8) is 0 Å². The topological polar surface area (TPSA) is 129 Å². The molecule has 0 radical (unpaired) electrons. The van der Waals surface area contributed by atoms with Gasteiger partial charge in [-0.25, -0.2) is 4.79 Å². The lowest BCUT2D eigenvalue weighted by molar-refractivity contribution is 0.0732. The Morgan fingerprint density at radius 1 is 1.09 bits per heavy atom. The fourth-order valence-corrected chi connectivity index (χ4v) is 3.91. The van der Waals surface area contributed by atoms with Crippen LogP contribution in [0.3, 0.4) is 0 Å². The molecule has 5 rings (SSSR count). The van der Waals surface area contributed by atoms with Gasteiger partial charge < -0.3 is 15.0 Å².